The van der Waals surface area contributed by atoms with Gasteiger partial charge in [0.05, 0.1) is 17.7 Å². The summed E-state index contributed by atoms with van der Waals surface area (Å²) in [6.07, 6.45) is 13.0. The van der Waals surface area contributed by atoms with E-state index in [4.69, 9.17) is 26.4 Å². The molecule has 0 bridgehead atoms. The van der Waals surface area contributed by atoms with Crippen LogP contribution in [0.25, 0.3) is 10.9 Å². The number of nitrogens with zero attached hydrogens (tertiary/aromatic N) is 1. The predicted octanol–water partition coefficient (Wildman–Crippen LogP) is 8.25. The monoisotopic (exact) mass is 678 g/mol. The maximum atomic E-state index is 12.4. The van der Waals surface area contributed by atoms with Crippen LogP contribution in [0.3, 0.4) is 0 Å². The number of hydrogen-bond donors (Lipinski definition) is 4. The molecule has 1 aromatic heterocycles. The summed E-state index contributed by atoms with van der Waals surface area (Å²) in [5, 5.41) is 4.35. The van der Waals surface area contributed by atoms with Gasteiger partial charge in [0.15, 0.2) is 0 Å². The van der Waals surface area contributed by atoms with Crippen LogP contribution < -0.4 is 15.6 Å². The van der Waals surface area contributed by atoms with Crippen LogP contribution in [0, 0.1) is 0 Å². The molecule has 0 aliphatic rings. The molecule has 0 radical (unpaired) electrons. The van der Waals surface area contributed by atoms with Crippen molar-refractivity contribution in [3.63, 3.8) is 0 Å². The van der Waals surface area contributed by atoms with Gasteiger partial charge < -0.3 is 25.5 Å². The summed E-state index contributed by atoms with van der Waals surface area (Å²) in [6.45, 7) is 11.0. The highest BCUT2D eigenvalue weighted by molar-refractivity contribution is 7.47. The Labute approximate surface area is 281 Å². The minimum absolute atomic E-state index is 0.0967. The number of aromatic amines is 1. The molecule has 0 saturated heterocycles. The lowest BCUT2D eigenvalue weighted by molar-refractivity contribution is -0.122. The lowest BCUT2D eigenvalue weighted by Crippen LogP contribution is -2.42. The van der Waals surface area contributed by atoms with E-state index in [0.717, 1.165) is 55.0 Å². The summed E-state index contributed by atoms with van der Waals surface area (Å²) in [4.78, 5) is 27.8. The Bertz CT molecular complexity index is 1300. The first-order valence-corrected chi connectivity index (χ1v) is 18.8. The van der Waals surface area contributed by atoms with Crippen LogP contribution in [-0.2, 0) is 20.3 Å². The highest BCUT2D eigenvalue weighted by Gasteiger charge is 2.23. The molecular formula is C35H56ClN4O5P. The van der Waals surface area contributed by atoms with Crippen molar-refractivity contribution in [2.45, 2.75) is 97.4 Å². The molecule has 2 aromatic carbocycles. The lowest BCUT2D eigenvalue weighted by Gasteiger charge is -2.13. The molecule has 2 atom stereocenters. The Balaban J connectivity index is 0.000000942. The number of para-hydroxylation sites is 2. The quantitative estimate of drug-likeness (QED) is 0.0622. The number of halogens is 1. The lowest BCUT2D eigenvalue weighted by atomic mass is 10.0. The molecule has 1 unspecified atom stereocenters. The normalized spacial score (nSPS) is 13.2. The first-order valence-electron chi connectivity index (χ1n) is 16.9. The van der Waals surface area contributed by atoms with Gasteiger partial charge in [-0.1, -0.05) is 114 Å². The third-order valence-electron chi connectivity index (χ3n) is 7.97. The molecule has 3 rings (SSSR count). The van der Waals surface area contributed by atoms with Crippen LogP contribution in [0.4, 0.5) is 0 Å². The van der Waals surface area contributed by atoms with Crippen LogP contribution >= 0.6 is 19.4 Å². The summed E-state index contributed by atoms with van der Waals surface area (Å²) < 4.78 is 22.1. The molecule has 5 N–H and O–H groups in total. The number of benzene rings is 2. The van der Waals surface area contributed by atoms with Gasteiger partial charge in [-0.15, -0.1) is 0 Å². The molecule has 0 aliphatic carbocycles. The van der Waals surface area contributed by atoms with E-state index < -0.39 is 13.9 Å². The second kappa shape index (κ2) is 23.0. The van der Waals surface area contributed by atoms with Gasteiger partial charge in [0.25, 0.3) is 0 Å². The summed E-state index contributed by atoms with van der Waals surface area (Å²) >= 11 is 5.94. The Morgan fingerprint density at radius 2 is 1.48 bits per heavy atom. The first kappa shape index (κ1) is 39.8. The zero-order chi connectivity index (χ0) is 33.6. The van der Waals surface area contributed by atoms with Crippen molar-refractivity contribution < 1.29 is 23.3 Å². The number of unbranched alkanes of at least 4 members (excludes halogenated alkanes) is 9. The Hall–Kier alpha value is -2.39. The van der Waals surface area contributed by atoms with Gasteiger partial charge in [-0.2, -0.15) is 0 Å². The number of carbonyl (C=O) groups excluding carboxylic acids is 1. The summed E-state index contributed by atoms with van der Waals surface area (Å²) in [6, 6.07) is 14.0. The molecule has 1 amide bonds. The fourth-order valence-corrected chi connectivity index (χ4v) is 6.18. The van der Waals surface area contributed by atoms with E-state index in [1.54, 1.807) is 18.2 Å². The van der Waals surface area contributed by atoms with Crippen molar-refractivity contribution in [2.24, 2.45) is 5.73 Å². The third-order valence-corrected chi connectivity index (χ3v) is 9.22. The fraction of sp³-hybridized carbons (Fsp3) is 0.571. The molecule has 1 heterocycles. The van der Waals surface area contributed by atoms with Gasteiger partial charge in [-0.25, -0.2) is 4.57 Å². The maximum absolute atomic E-state index is 12.4. The minimum atomic E-state index is -4.17. The van der Waals surface area contributed by atoms with Crippen molar-refractivity contribution >= 4 is 36.2 Å². The van der Waals surface area contributed by atoms with Gasteiger partial charge in [0, 0.05) is 23.6 Å². The summed E-state index contributed by atoms with van der Waals surface area (Å²) in [7, 11) is -4.17. The number of nitrogens with two attached hydrogens (primary N) is 1. The number of aromatic nitrogens is 1. The van der Waals surface area contributed by atoms with Crippen LogP contribution in [0.5, 0.6) is 5.75 Å². The van der Waals surface area contributed by atoms with Crippen LogP contribution in [-0.4, -0.2) is 59.5 Å². The summed E-state index contributed by atoms with van der Waals surface area (Å²) in [5.74, 6) is 0.0388. The number of amides is 1. The number of phosphoric acid groups is 1. The zero-order valence-corrected chi connectivity index (χ0v) is 29.7. The van der Waals surface area contributed by atoms with Crippen LogP contribution in [0.1, 0.15) is 90.5 Å². The fourth-order valence-electron chi connectivity index (χ4n) is 5.13. The number of nitrogens with one attached hydrogen (secondary N) is 2. The number of carbonyl (C=O) groups is 1. The Morgan fingerprint density at radius 3 is 2.09 bits per heavy atom. The molecule has 0 aliphatic heterocycles. The topological polar surface area (TPSA) is 130 Å². The molecule has 11 heteroatoms. The number of hydrogen-bond acceptors (Lipinski definition) is 6. The Morgan fingerprint density at radius 1 is 0.913 bits per heavy atom. The molecule has 0 spiro atoms. The van der Waals surface area contributed by atoms with E-state index in [-0.39, 0.29) is 23.3 Å². The van der Waals surface area contributed by atoms with Crippen LogP contribution in [0.2, 0.25) is 5.02 Å². The minimum Gasteiger partial charge on any atom is -0.403 e. The number of H-pyrrole nitrogens is 1. The largest absolute Gasteiger partial charge is 0.527 e. The molecule has 46 heavy (non-hydrogen) atoms. The highest BCUT2D eigenvalue weighted by atomic mass is 35.5. The van der Waals surface area contributed by atoms with Crippen LogP contribution in [0.15, 0.2) is 54.7 Å². The predicted molar refractivity (Wildman–Crippen MR) is 190 cm³/mol. The van der Waals surface area contributed by atoms with E-state index in [9.17, 15) is 14.3 Å². The van der Waals surface area contributed by atoms with Crippen molar-refractivity contribution in [1.82, 2.24) is 15.2 Å². The smallest absolute Gasteiger partial charge is 0.403 e. The van der Waals surface area contributed by atoms with E-state index in [1.165, 1.54) is 45.0 Å². The Kier molecular flexibility index (Phi) is 19.9. The number of fused-ring (bicyclic) bond motifs is 1. The average molecular weight is 679 g/mol. The van der Waals surface area contributed by atoms with Gasteiger partial charge >= 0.3 is 7.82 Å². The van der Waals surface area contributed by atoms with Gasteiger partial charge in [-0.05, 0) is 62.7 Å². The molecule has 9 nitrogen and oxygen atoms in total. The highest BCUT2D eigenvalue weighted by Crippen LogP contribution is 2.45. The zero-order valence-electron chi connectivity index (χ0n) is 28.0. The van der Waals surface area contributed by atoms with E-state index in [0.29, 0.717) is 19.4 Å². The SMILES string of the molecule is CCN(CC)CC.N[C@@H](Cc1c[nH]c2ccccc12)C(=O)NCCCCCCCCCCCCOP(=O)(O)Oc1ccccc1Cl. The molecule has 258 valence electrons. The maximum Gasteiger partial charge on any atom is 0.527 e. The number of rotatable bonds is 22. The summed E-state index contributed by atoms with van der Waals surface area (Å²) in [5.41, 5.74) is 8.26. The third kappa shape index (κ3) is 15.9. The number of phosphoric ester groups is 1. The molecule has 0 saturated carbocycles. The second-order valence-corrected chi connectivity index (χ2v) is 13.2. The molecule has 3 aromatic rings. The standard InChI is InChI=1S/C29H41ClN3O5P.C6H15N/c30-25-16-10-12-18-28(25)38-39(35,36)37-20-14-8-6-4-2-1-3-5-7-13-19-32-29(34)26(31)21-23-22-33-27-17-11-9-15-24(23)27;1-4-7(5-2)6-3/h9-12,15-18,22,26,33H,1-8,13-14,19-21,31H2,(H,32,34)(H,35,36);4-6H2,1-3H3/t26-;/m0./s1. The van der Waals surface area contributed by atoms with E-state index in [2.05, 4.69) is 36.0 Å². The van der Waals surface area contributed by atoms with Gasteiger partial charge in [0.2, 0.25) is 5.91 Å². The van der Waals surface area contributed by atoms with Crippen molar-refractivity contribution in [3.8, 4) is 5.75 Å². The van der Waals surface area contributed by atoms with E-state index in [1.807, 2.05) is 30.5 Å². The first-order chi connectivity index (χ1) is 22.2. The average Bonchev–Trinajstić information content (AvgIpc) is 3.45. The van der Waals surface area contributed by atoms with Crippen molar-refractivity contribution in [1.29, 1.82) is 0 Å². The van der Waals surface area contributed by atoms with Gasteiger partial charge in [-0.3, -0.25) is 14.2 Å². The van der Waals surface area contributed by atoms with Gasteiger partial charge in [0.1, 0.15) is 5.75 Å². The second-order valence-electron chi connectivity index (χ2n) is 11.4. The van der Waals surface area contributed by atoms with Crippen molar-refractivity contribution in [2.75, 3.05) is 32.8 Å². The van der Waals surface area contributed by atoms with Crippen molar-refractivity contribution in [3.05, 3.63) is 65.3 Å². The van der Waals surface area contributed by atoms with E-state index >= 15 is 0 Å². The molecule has 0 fully saturated rings. The molecular weight excluding hydrogens is 623 g/mol.